The van der Waals surface area contributed by atoms with Crippen LogP contribution < -0.4 is 10.9 Å². The lowest BCUT2D eigenvalue weighted by atomic mass is 10.1. The highest BCUT2D eigenvalue weighted by molar-refractivity contribution is 6.33. The molecule has 25 heavy (non-hydrogen) atoms. The van der Waals surface area contributed by atoms with Crippen LogP contribution in [-0.4, -0.2) is 21.4 Å². The van der Waals surface area contributed by atoms with Gasteiger partial charge in [0.2, 0.25) is 0 Å². The molecule has 1 unspecified atom stereocenters. The van der Waals surface area contributed by atoms with E-state index >= 15 is 0 Å². The fourth-order valence-corrected chi connectivity index (χ4v) is 2.83. The second kappa shape index (κ2) is 7.70. The molecule has 3 aromatic rings. The van der Waals surface area contributed by atoms with Crippen molar-refractivity contribution in [3.63, 3.8) is 0 Å². The zero-order valence-electron chi connectivity index (χ0n) is 13.1. The number of para-hydroxylation sites is 1. The average molecular weight is 376 g/mol. The van der Waals surface area contributed by atoms with E-state index in [2.05, 4.69) is 10.4 Å². The van der Waals surface area contributed by atoms with Gasteiger partial charge in [-0.3, -0.25) is 4.79 Å². The number of rotatable bonds is 5. The first-order valence-electron chi connectivity index (χ1n) is 7.57. The normalized spacial score (nSPS) is 12.0. The Kier molecular flexibility index (Phi) is 5.38. The molecule has 0 saturated heterocycles. The van der Waals surface area contributed by atoms with Crippen LogP contribution in [0.15, 0.2) is 65.6 Å². The van der Waals surface area contributed by atoms with E-state index in [4.69, 9.17) is 23.2 Å². The summed E-state index contributed by atoms with van der Waals surface area (Å²) in [4.78, 5) is 12.4. The lowest BCUT2D eigenvalue weighted by Crippen LogP contribution is -2.23. The van der Waals surface area contributed by atoms with Crippen LogP contribution in [0.2, 0.25) is 10.0 Å². The molecule has 1 aromatic heterocycles. The Morgan fingerprint density at radius 3 is 2.48 bits per heavy atom. The van der Waals surface area contributed by atoms with Crippen LogP contribution in [0.1, 0.15) is 11.7 Å². The summed E-state index contributed by atoms with van der Waals surface area (Å²) < 4.78 is 1.22. The van der Waals surface area contributed by atoms with Crippen molar-refractivity contribution in [2.45, 2.75) is 6.10 Å². The maximum Gasteiger partial charge on any atom is 0.292 e. The minimum Gasteiger partial charge on any atom is -0.387 e. The fourth-order valence-electron chi connectivity index (χ4n) is 2.37. The number of aromatic nitrogens is 2. The largest absolute Gasteiger partial charge is 0.387 e. The number of halogens is 2. The third-order valence-corrected chi connectivity index (χ3v) is 4.38. The van der Waals surface area contributed by atoms with Crippen LogP contribution in [-0.2, 0) is 0 Å². The summed E-state index contributed by atoms with van der Waals surface area (Å²) >= 11 is 12.2. The van der Waals surface area contributed by atoms with E-state index in [1.807, 2.05) is 18.2 Å². The van der Waals surface area contributed by atoms with Crippen LogP contribution in [0.3, 0.4) is 0 Å². The zero-order valence-corrected chi connectivity index (χ0v) is 14.6. The lowest BCUT2D eigenvalue weighted by Gasteiger charge is -2.15. The molecule has 3 rings (SSSR count). The number of anilines is 1. The molecule has 0 aliphatic rings. The molecule has 0 aliphatic carbocycles. The molecule has 0 aliphatic heterocycles. The Labute approximate surface area is 154 Å². The molecule has 5 nitrogen and oxygen atoms in total. The van der Waals surface area contributed by atoms with Gasteiger partial charge >= 0.3 is 0 Å². The van der Waals surface area contributed by atoms with Crippen molar-refractivity contribution in [2.75, 3.05) is 11.9 Å². The highest BCUT2D eigenvalue weighted by Gasteiger charge is 2.14. The third-order valence-electron chi connectivity index (χ3n) is 3.67. The highest BCUT2D eigenvalue weighted by atomic mass is 35.5. The van der Waals surface area contributed by atoms with Crippen molar-refractivity contribution in [1.29, 1.82) is 0 Å². The van der Waals surface area contributed by atoms with Gasteiger partial charge in [0.05, 0.1) is 23.7 Å². The van der Waals surface area contributed by atoms with E-state index in [0.29, 0.717) is 22.0 Å². The third kappa shape index (κ3) is 3.85. The van der Waals surface area contributed by atoms with Gasteiger partial charge in [-0.2, -0.15) is 9.78 Å². The second-order valence-electron chi connectivity index (χ2n) is 5.34. The maximum absolute atomic E-state index is 12.4. The van der Waals surface area contributed by atoms with Crippen LogP contribution in [0.4, 0.5) is 5.69 Å². The average Bonchev–Trinajstić information content (AvgIpc) is 2.64. The lowest BCUT2D eigenvalue weighted by molar-refractivity contribution is 0.191. The molecule has 0 fully saturated rings. The SMILES string of the molecule is O=c1c(Cl)c(NCC(O)c2ccccc2Cl)cnn1-c1ccccc1. The van der Waals surface area contributed by atoms with Crippen LogP contribution >= 0.6 is 23.2 Å². The van der Waals surface area contributed by atoms with Gasteiger partial charge in [-0.15, -0.1) is 0 Å². The molecule has 0 saturated carbocycles. The Morgan fingerprint density at radius 1 is 1.08 bits per heavy atom. The summed E-state index contributed by atoms with van der Waals surface area (Å²) in [5.41, 5.74) is 1.13. The minimum atomic E-state index is -0.846. The molecule has 2 N–H and O–H groups in total. The van der Waals surface area contributed by atoms with Crippen molar-refractivity contribution in [3.05, 3.63) is 86.8 Å². The molecule has 0 amide bonds. The number of nitrogens with zero attached hydrogens (tertiary/aromatic N) is 2. The monoisotopic (exact) mass is 375 g/mol. The fraction of sp³-hybridized carbons (Fsp3) is 0.111. The molecule has 1 heterocycles. The molecule has 0 radical (unpaired) electrons. The van der Waals surface area contributed by atoms with Gasteiger partial charge in [0.1, 0.15) is 5.02 Å². The molecular formula is C18H15Cl2N3O2. The quantitative estimate of drug-likeness (QED) is 0.713. The first kappa shape index (κ1) is 17.5. The zero-order chi connectivity index (χ0) is 17.8. The van der Waals surface area contributed by atoms with Gasteiger partial charge < -0.3 is 10.4 Å². The molecule has 1 atom stereocenters. The Hall–Kier alpha value is -2.34. The molecule has 7 heteroatoms. The van der Waals surface area contributed by atoms with Gasteiger partial charge in [0, 0.05) is 17.1 Å². The first-order chi connectivity index (χ1) is 12.1. The van der Waals surface area contributed by atoms with Gasteiger partial charge in [-0.25, -0.2) is 0 Å². The number of hydrogen-bond donors (Lipinski definition) is 2. The van der Waals surface area contributed by atoms with E-state index in [9.17, 15) is 9.90 Å². The number of aliphatic hydroxyl groups is 1. The van der Waals surface area contributed by atoms with Crippen LogP contribution in [0.25, 0.3) is 5.69 Å². The van der Waals surface area contributed by atoms with Gasteiger partial charge in [0.25, 0.3) is 5.56 Å². The van der Waals surface area contributed by atoms with E-state index in [0.717, 1.165) is 0 Å². The minimum absolute atomic E-state index is 0.00483. The number of hydrogen-bond acceptors (Lipinski definition) is 4. The number of nitrogens with one attached hydrogen (secondary N) is 1. The Morgan fingerprint density at radius 2 is 1.76 bits per heavy atom. The summed E-state index contributed by atoms with van der Waals surface area (Å²) in [6, 6.07) is 16.0. The number of benzene rings is 2. The van der Waals surface area contributed by atoms with E-state index in [-0.39, 0.29) is 11.6 Å². The summed E-state index contributed by atoms with van der Waals surface area (Å²) in [5.74, 6) is 0. The van der Waals surface area contributed by atoms with Crippen LogP contribution in [0.5, 0.6) is 0 Å². The van der Waals surface area contributed by atoms with Crippen molar-refractivity contribution in [1.82, 2.24) is 9.78 Å². The molecule has 0 spiro atoms. The van der Waals surface area contributed by atoms with E-state index in [1.165, 1.54) is 10.9 Å². The van der Waals surface area contributed by atoms with Gasteiger partial charge in [-0.1, -0.05) is 59.6 Å². The standard InChI is InChI=1S/C18H15Cl2N3O2/c19-14-9-5-4-8-13(14)16(24)11-21-15-10-22-23(18(25)17(15)20)12-6-2-1-3-7-12/h1-10,16,21,24H,11H2. The Balaban J connectivity index is 1.79. The van der Waals surface area contributed by atoms with Crippen molar-refractivity contribution in [2.24, 2.45) is 0 Å². The summed E-state index contributed by atoms with van der Waals surface area (Å²) in [5, 5.41) is 17.8. The van der Waals surface area contributed by atoms with Crippen molar-refractivity contribution >= 4 is 28.9 Å². The molecule has 0 bridgehead atoms. The Bertz CT molecular complexity index is 929. The van der Waals surface area contributed by atoms with Crippen LogP contribution in [0, 0.1) is 0 Å². The second-order valence-corrected chi connectivity index (χ2v) is 6.13. The number of aliphatic hydroxyl groups excluding tert-OH is 1. The summed E-state index contributed by atoms with van der Waals surface area (Å²) in [6.45, 7) is 0.139. The molecular weight excluding hydrogens is 361 g/mol. The molecule has 128 valence electrons. The van der Waals surface area contributed by atoms with Crippen molar-refractivity contribution in [3.8, 4) is 5.69 Å². The highest BCUT2D eigenvalue weighted by Crippen LogP contribution is 2.24. The topological polar surface area (TPSA) is 67.2 Å². The van der Waals surface area contributed by atoms with E-state index < -0.39 is 11.7 Å². The summed E-state index contributed by atoms with van der Waals surface area (Å²) in [7, 11) is 0. The maximum atomic E-state index is 12.4. The van der Waals surface area contributed by atoms with Gasteiger partial charge in [-0.05, 0) is 18.2 Å². The summed E-state index contributed by atoms with van der Waals surface area (Å²) in [6.07, 6.45) is 0.608. The predicted octanol–water partition coefficient (Wildman–Crippen LogP) is 3.68. The van der Waals surface area contributed by atoms with E-state index in [1.54, 1.807) is 36.4 Å². The van der Waals surface area contributed by atoms with Crippen molar-refractivity contribution < 1.29 is 5.11 Å². The van der Waals surface area contributed by atoms with Gasteiger partial charge in [0.15, 0.2) is 0 Å². The smallest absolute Gasteiger partial charge is 0.292 e. The molecule has 2 aromatic carbocycles. The predicted molar refractivity (Wildman–Crippen MR) is 99.7 cm³/mol. The first-order valence-corrected chi connectivity index (χ1v) is 8.33.